The molecule has 2 N–H and O–H groups in total. The van der Waals surface area contributed by atoms with Crippen LogP contribution >= 0.6 is 11.3 Å². The number of nitrogens with one attached hydrogen (secondary N) is 2. The maximum atomic E-state index is 12.3. The van der Waals surface area contributed by atoms with Gasteiger partial charge in [0.25, 0.3) is 5.91 Å². The van der Waals surface area contributed by atoms with Gasteiger partial charge in [0.05, 0.1) is 18.0 Å². The maximum absolute atomic E-state index is 12.3. The van der Waals surface area contributed by atoms with Gasteiger partial charge in [-0.3, -0.25) is 14.6 Å². The number of nitrogens with zero attached hydrogens (tertiary/aromatic N) is 2. The van der Waals surface area contributed by atoms with Crippen LogP contribution in [0.2, 0.25) is 0 Å². The third-order valence-corrected chi connectivity index (χ3v) is 4.68. The van der Waals surface area contributed by atoms with Crippen molar-refractivity contribution in [2.24, 2.45) is 0 Å². The Morgan fingerprint density at radius 3 is 2.66 bits per heavy atom. The molecule has 2 amide bonds. The molecule has 0 spiro atoms. The van der Waals surface area contributed by atoms with Crippen LogP contribution in [0, 0.1) is 0 Å². The van der Waals surface area contributed by atoms with Crippen LogP contribution in [0.3, 0.4) is 0 Å². The molecule has 0 saturated heterocycles. The van der Waals surface area contributed by atoms with Crippen LogP contribution in [0.1, 0.15) is 30.8 Å². The van der Waals surface area contributed by atoms with E-state index in [1.54, 1.807) is 29.9 Å². The van der Waals surface area contributed by atoms with Gasteiger partial charge in [-0.05, 0) is 50.2 Å². The minimum Gasteiger partial charge on any atom is -0.491 e. The molecule has 29 heavy (non-hydrogen) atoms. The summed E-state index contributed by atoms with van der Waals surface area (Å²) in [7, 11) is 0. The Morgan fingerprint density at radius 1 is 1.17 bits per heavy atom. The molecular formula is C21H22N4O3S. The van der Waals surface area contributed by atoms with Crippen LogP contribution in [0.25, 0.3) is 10.6 Å². The molecule has 3 rings (SSSR count). The largest absolute Gasteiger partial charge is 0.491 e. The number of thiazole rings is 1. The highest BCUT2D eigenvalue weighted by Gasteiger charge is 2.12. The van der Waals surface area contributed by atoms with Crippen LogP contribution in [0.4, 0.5) is 5.69 Å². The molecule has 2 heterocycles. The number of ether oxygens (including phenoxy) is 1. The molecule has 0 fully saturated rings. The Balaban J connectivity index is 1.49. The van der Waals surface area contributed by atoms with Crippen LogP contribution < -0.4 is 15.4 Å². The topological polar surface area (TPSA) is 93.2 Å². The quantitative estimate of drug-likeness (QED) is 0.590. The van der Waals surface area contributed by atoms with Crippen LogP contribution in [-0.2, 0) is 4.79 Å². The lowest BCUT2D eigenvalue weighted by Gasteiger charge is -2.09. The van der Waals surface area contributed by atoms with E-state index in [1.165, 1.54) is 11.3 Å². The lowest BCUT2D eigenvalue weighted by molar-refractivity contribution is -0.116. The van der Waals surface area contributed by atoms with Crippen molar-refractivity contribution in [3.63, 3.8) is 0 Å². The highest BCUT2D eigenvalue weighted by atomic mass is 32.1. The fourth-order valence-corrected chi connectivity index (χ4v) is 3.31. The number of rotatable bonds is 8. The number of amides is 2. The molecule has 0 aliphatic heterocycles. The van der Waals surface area contributed by atoms with Gasteiger partial charge in [0, 0.05) is 30.1 Å². The van der Waals surface area contributed by atoms with E-state index in [9.17, 15) is 9.59 Å². The summed E-state index contributed by atoms with van der Waals surface area (Å²) in [5, 5.41) is 7.90. The first-order valence-electron chi connectivity index (χ1n) is 9.22. The summed E-state index contributed by atoms with van der Waals surface area (Å²) < 4.78 is 5.63. The zero-order valence-electron chi connectivity index (χ0n) is 16.2. The third-order valence-electron chi connectivity index (χ3n) is 3.79. The SMILES string of the molecule is CC(C)Oc1ccc(-c2nc(C(=O)NCCC(=O)Nc3cccnc3)cs2)cc1. The van der Waals surface area contributed by atoms with Gasteiger partial charge in [-0.25, -0.2) is 4.98 Å². The summed E-state index contributed by atoms with van der Waals surface area (Å²) in [5.74, 6) is 0.297. The number of anilines is 1. The molecular weight excluding hydrogens is 388 g/mol. The van der Waals surface area contributed by atoms with Crippen molar-refractivity contribution in [1.82, 2.24) is 15.3 Å². The van der Waals surface area contributed by atoms with E-state index in [0.29, 0.717) is 11.4 Å². The second-order valence-corrected chi connectivity index (χ2v) is 7.38. The summed E-state index contributed by atoms with van der Waals surface area (Å²) in [6.45, 7) is 4.17. The number of carbonyl (C=O) groups is 2. The van der Waals surface area contributed by atoms with E-state index in [4.69, 9.17) is 4.74 Å². The van der Waals surface area contributed by atoms with Crippen LogP contribution in [0.5, 0.6) is 5.75 Å². The summed E-state index contributed by atoms with van der Waals surface area (Å²) in [6, 6.07) is 11.1. The molecule has 0 radical (unpaired) electrons. The van der Waals surface area contributed by atoms with Gasteiger partial charge in [-0.1, -0.05) is 0 Å². The van der Waals surface area contributed by atoms with E-state index >= 15 is 0 Å². The lowest BCUT2D eigenvalue weighted by atomic mass is 10.2. The average Bonchev–Trinajstić information content (AvgIpc) is 3.19. The molecule has 2 aromatic heterocycles. The normalized spacial score (nSPS) is 10.6. The van der Waals surface area contributed by atoms with Crippen molar-refractivity contribution >= 4 is 28.8 Å². The number of carbonyl (C=O) groups excluding carboxylic acids is 2. The molecule has 0 atom stereocenters. The molecule has 150 valence electrons. The van der Waals surface area contributed by atoms with Crippen LogP contribution in [0.15, 0.2) is 54.2 Å². The van der Waals surface area contributed by atoms with Gasteiger partial charge in [-0.2, -0.15) is 0 Å². The third kappa shape index (κ3) is 6.11. The molecule has 0 aliphatic rings. The minimum absolute atomic E-state index is 0.113. The zero-order chi connectivity index (χ0) is 20.6. The summed E-state index contributed by atoms with van der Waals surface area (Å²) in [6.07, 6.45) is 3.47. The summed E-state index contributed by atoms with van der Waals surface area (Å²) in [4.78, 5) is 32.5. The molecule has 7 nitrogen and oxygen atoms in total. The van der Waals surface area contributed by atoms with Crippen molar-refractivity contribution in [1.29, 1.82) is 0 Å². The number of pyridine rings is 1. The Hall–Kier alpha value is -3.26. The number of hydrogen-bond donors (Lipinski definition) is 2. The standard InChI is InChI=1S/C21H22N4O3S/c1-14(2)28-17-7-5-15(6-8-17)21-25-18(13-29-21)20(27)23-11-9-19(26)24-16-4-3-10-22-12-16/h3-8,10,12-14H,9,11H2,1-2H3,(H,23,27)(H,24,26). The van der Waals surface area contributed by atoms with Crippen molar-refractivity contribution in [3.05, 3.63) is 59.9 Å². The first-order valence-corrected chi connectivity index (χ1v) is 10.1. The molecule has 3 aromatic rings. The lowest BCUT2D eigenvalue weighted by Crippen LogP contribution is -2.27. The van der Waals surface area contributed by atoms with E-state index < -0.39 is 0 Å². The highest BCUT2D eigenvalue weighted by molar-refractivity contribution is 7.13. The van der Waals surface area contributed by atoms with Crippen molar-refractivity contribution in [2.45, 2.75) is 26.4 Å². The molecule has 0 aliphatic carbocycles. The van der Waals surface area contributed by atoms with Gasteiger partial charge in [0.1, 0.15) is 16.5 Å². The monoisotopic (exact) mass is 410 g/mol. The second kappa shape index (κ2) is 9.79. The Bertz CT molecular complexity index is 956. The van der Waals surface area contributed by atoms with E-state index in [-0.39, 0.29) is 30.9 Å². The maximum Gasteiger partial charge on any atom is 0.270 e. The summed E-state index contributed by atoms with van der Waals surface area (Å²) >= 11 is 1.39. The smallest absolute Gasteiger partial charge is 0.270 e. The second-order valence-electron chi connectivity index (χ2n) is 6.52. The Kier molecular flexibility index (Phi) is 6.91. The van der Waals surface area contributed by atoms with Crippen molar-refractivity contribution < 1.29 is 14.3 Å². The molecule has 0 unspecified atom stereocenters. The van der Waals surface area contributed by atoms with Crippen molar-refractivity contribution in [3.8, 4) is 16.3 Å². The predicted octanol–water partition coefficient (Wildman–Crippen LogP) is 3.75. The van der Waals surface area contributed by atoms with Gasteiger partial charge in [0.15, 0.2) is 0 Å². The van der Waals surface area contributed by atoms with Gasteiger partial charge in [-0.15, -0.1) is 11.3 Å². The van der Waals surface area contributed by atoms with E-state index in [1.807, 2.05) is 38.1 Å². The number of benzene rings is 1. The Morgan fingerprint density at radius 2 is 1.97 bits per heavy atom. The number of aromatic nitrogens is 2. The van der Waals surface area contributed by atoms with Gasteiger partial charge in [0.2, 0.25) is 5.91 Å². The molecule has 1 aromatic carbocycles. The van der Waals surface area contributed by atoms with Crippen LogP contribution in [-0.4, -0.2) is 34.4 Å². The first-order chi connectivity index (χ1) is 14.0. The molecule has 8 heteroatoms. The zero-order valence-corrected chi connectivity index (χ0v) is 17.0. The van der Waals surface area contributed by atoms with Gasteiger partial charge < -0.3 is 15.4 Å². The van der Waals surface area contributed by atoms with E-state index in [2.05, 4.69) is 20.6 Å². The molecule has 0 saturated carbocycles. The van der Waals surface area contributed by atoms with Crippen molar-refractivity contribution in [2.75, 3.05) is 11.9 Å². The first kappa shape index (κ1) is 20.5. The fourth-order valence-electron chi connectivity index (χ4n) is 2.50. The minimum atomic E-state index is -0.304. The van der Waals surface area contributed by atoms with Gasteiger partial charge >= 0.3 is 0 Å². The summed E-state index contributed by atoms with van der Waals surface area (Å²) in [5.41, 5.74) is 1.87. The number of hydrogen-bond acceptors (Lipinski definition) is 6. The fraction of sp³-hybridized carbons (Fsp3) is 0.238. The average molecular weight is 410 g/mol. The Labute approximate surface area is 173 Å². The molecule has 0 bridgehead atoms. The predicted molar refractivity (Wildman–Crippen MR) is 113 cm³/mol. The highest BCUT2D eigenvalue weighted by Crippen LogP contribution is 2.26. The van der Waals surface area contributed by atoms with E-state index in [0.717, 1.165) is 16.3 Å².